The summed E-state index contributed by atoms with van der Waals surface area (Å²) < 4.78 is 25.6. The molecule has 1 rings (SSSR count). The smallest absolute Gasteiger partial charge is 0.232 e. The molecule has 0 aromatic heterocycles. The van der Waals surface area contributed by atoms with Crippen LogP contribution < -0.4 is 4.72 Å². The van der Waals surface area contributed by atoms with Crippen molar-refractivity contribution in [2.24, 2.45) is 0 Å². The van der Waals surface area contributed by atoms with E-state index in [-0.39, 0.29) is 11.5 Å². The summed E-state index contributed by atoms with van der Waals surface area (Å²) in [5.41, 5.74) is 1.15. The summed E-state index contributed by atoms with van der Waals surface area (Å²) >= 11 is 3.12. The van der Waals surface area contributed by atoms with E-state index < -0.39 is 10.0 Å². The molecule has 0 heterocycles. The fraction of sp³-hybridized carbons (Fsp3) is 0.333. The minimum Gasteiger partial charge on any atom is -0.507 e. The van der Waals surface area contributed by atoms with E-state index in [1.807, 2.05) is 0 Å². The molecule has 0 spiro atoms. The maximum Gasteiger partial charge on any atom is 0.232 e. The van der Waals surface area contributed by atoms with Gasteiger partial charge in [0.2, 0.25) is 10.0 Å². The molecule has 0 bridgehead atoms. The van der Waals surface area contributed by atoms with Crippen LogP contribution in [0.5, 0.6) is 5.75 Å². The molecule has 0 saturated heterocycles. The lowest BCUT2D eigenvalue weighted by Crippen LogP contribution is -2.15. The fourth-order valence-corrected chi connectivity index (χ4v) is 2.06. The van der Waals surface area contributed by atoms with Crippen molar-refractivity contribution in [2.45, 2.75) is 13.8 Å². The van der Waals surface area contributed by atoms with E-state index in [2.05, 4.69) is 20.7 Å². The predicted octanol–water partition coefficient (Wildman–Crippen LogP) is 2.22. The van der Waals surface area contributed by atoms with Gasteiger partial charge in [-0.15, -0.1) is 0 Å². The molecule has 0 aliphatic heterocycles. The number of hydrogen-bond donors (Lipinski definition) is 2. The first-order valence-corrected chi connectivity index (χ1v) is 6.80. The zero-order valence-corrected chi connectivity index (χ0v) is 10.8. The van der Waals surface area contributed by atoms with Crippen LogP contribution >= 0.6 is 15.9 Å². The SMILES string of the molecule is CCS(=O)(=O)Nc1cc(Br)c(O)cc1C. The highest BCUT2D eigenvalue weighted by atomic mass is 79.9. The quantitative estimate of drug-likeness (QED) is 0.840. The third-order valence-corrected chi connectivity index (χ3v) is 3.87. The first-order valence-electron chi connectivity index (χ1n) is 4.35. The molecular weight excluding hydrogens is 282 g/mol. The number of hydrogen-bond acceptors (Lipinski definition) is 3. The molecule has 15 heavy (non-hydrogen) atoms. The number of phenols is 1. The van der Waals surface area contributed by atoms with Crippen molar-refractivity contribution in [2.75, 3.05) is 10.5 Å². The van der Waals surface area contributed by atoms with Crippen LogP contribution in [0.2, 0.25) is 0 Å². The maximum atomic E-state index is 11.3. The van der Waals surface area contributed by atoms with Gasteiger partial charge in [0, 0.05) is 0 Å². The molecule has 0 fully saturated rings. The molecule has 0 aliphatic carbocycles. The zero-order chi connectivity index (χ0) is 11.6. The van der Waals surface area contributed by atoms with Crippen molar-refractivity contribution >= 4 is 31.6 Å². The Hall–Kier alpha value is -0.750. The summed E-state index contributed by atoms with van der Waals surface area (Å²) in [4.78, 5) is 0. The lowest BCUT2D eigenvalue weighted by Gasteiger charge is -2.10. The summed E-state index contributed by atoms with van der Waals surface area (Å²) in [6.07, 6.45) is 0. The molecule has 0 amide bonds. The maximum absolute atomic E-state index is 11.3. The Bertz CT molecular complexity index is 470. The highest BCUT2D eigenvalue weighted by Crippen LogP contribution is 2.30. The van der Waals surface area contributed by atoms with Gasteiger partial charge in [-0.1, -0.05) is 0 Å². The van der Waals surface area contributed by atoms with Crippen molar-refractivity contribution in [1.82, 2.24) is 0 Å². The number of halogens is 1. The first kappa shape index (κ1) is 12.3. The summed E-state index contributed by atoms with van der Waals surface area (Å²) in [7, 11) is -3.28. The highest BCUT2D eigenvalue weighted by molar-refractivity contribution is 9.10. The number of aryl methyl sites for hydroxylation is 1. The average Bonchev–Trinajstić information content (AvgIpc) is 2.14. The zero-order valence-electron chi connectivity index (χ0n) is 8.41. The minimum absolute atomic E-state index is 0.0188. The number of sulfonamides is 1. The van der Waals surface area contributed by atoms with Gasteiger partial charge in [0.05, 0.1) is 15.9 Å². The Morgan fingerprint density at radius 2 is 2.07 bits per heavy atom. The Balaban J connectivity index is 3.12. The van der Waals surface area contributed by atoms with E-state index in [1.54, 1.807) is 13.8 Å². The molecular formula is C9H12BrNO3S. The number of aromatic hydroxyl groups is 1. The van der Waals surface area contributed by atoms with Crippen molar-refractivity contribution in [3.05, 3.63) is 22.2 Å². The Labute approximate surface area is 97.5 Å². The van der Waals surface area contributed by atoms with Gasteiger partial charge in [0.25, 0.3) is 0 Å². The van der Waals surface area contributed by atoms with Gasteiger partial charge < -0.3 is 5.11 Å². The largest absolute Gasteiger partial charge is 0.507 e. The Morgan fingerprint density at radius 3 is 2.60 bits per heavy atom. The lowest BCUT2D eigenvalue weighted by atomic mass is 10.2. The number of benzene rings is 1. The topological polar surface area (TPSA) is 66.4 Å². The van der Waals surface area contributed by atoms with Crippen LogP contribution in [0.3, 0.4) is 0 Å². The standard InChI is InChI=1S/C9H12BrNO3S/c1-3-15(13,14)11-8-5-7(10)9(12)4-6(8)2/h4-5,11-12H,3H2,1-2H3. The van der Waals surface area contributed by atoms with Crippen LogP contribution in [0.25, 0.3) is 0 Å². The van der Waals surface area contributed by atoms with E-state index in [0.29, 0.717) is 15.7 Å². The summed E-state index contributed by atoms with van der Waals surface area (Å²) in [6, 6.07) is 3.04. The summed E-state index contributed by atoms with van der Waals surface area (Å²) in [6.45, 7) is 3.28. The second kappa shape index (κ2) is 4.40. The average molecular weight is 294 g/mol. The molecule has 6 heteroatoms. The van der Waals surface area contributed by atoms with E-state index in [9.17, 15) is 13.5 Å². The second-order valence-corrected chi connectivity index (χ2v) is 5.99. The second-order valence-electron chi connectivity index (χ2n) is 3.12. The van der Waals surface area contributed by atoms with Crippen molar-refractivity contribution in [3.63, 3.8) is 0 Å². The Kier molecular flexibility index (Phi) is 3.62. The first-order chi connectivity index (χ1) is 6.85. The van der Waals surface area contributed by atoms with E-state index in [0.717, 1.165) is 0 Å². The van der Waals surface area contributed by atoms with E-state index in [4.69, 9.17) is 0 Å². The van der Waals surface area contributed by atoms with Crippen LogP contribution in [-0.4, -0.2) is 19.3 Å². The van der Waals surface area contributed by atoms with Crippen molar-refractivity contribution in [3.8, 4) is 5.75 Å². The lowest BCUT2D eigenvalue weighted by molar-refractivity contribution is 0.471. The van der Waals surface area contributed by atoms with Crippen molar-refractivity contribution < 1.29 is 13.5 Å². The van der Waals surface area contributed by atoms with E-state index in [1.165, 1.54) is 12.1 Å². The normalized spacial score (nSPS) is 11.4. The monoisotopic (exact) mass is 293 g/mol. The van der Waals surface area contributed by atoms with Crippen LogP contribution in [-0.2, 0) is 10.0 Å². The van der Waals surface area contributed by atoms with E-state index >= 15 is 0 Å². The molecule has 0 unspecified atom stereocenters. The number of rotatable bonds is 3. The molecule has 0 atom stereocenters. The number of phenolic OH excluding ortho intramolecular Hbond substituents is 1. The van der Waals surface area contributed by atoms with Crippen LogP contribution in [0.1, 0.15) is 12.5 Å². The predicted molar refractivity (Wildman–Crippen MR) is 63.6 cm³/mol. The molecule has 0 saturated carbocycles. The molecule has 4 nitrogen and oxygen atoms in total. The van der Waals surface area contributed by atoms with Crippen molar-refractivity contribution in [1.29, 1.82) is 0 Å². The van der Waals surface area contributed by atoms with Crippen LogP contribution in [0.4, 0.5) is 5.69 Å². The van der Waals surface area contributed by atoms with Gasteiger partial charge in [-0.2, -0.15) is 0 Å². The van der Waals surface area contributed by atoms with Gasteiger partial charge >= 0.3 is 0 Å². The molecule has 1 aromatic rings. The van der Waals surface area contributed by atoms with Gasteiger partial charge in [0.1, 0.15) is 5.75 Å². The summed E-state index contributed by atoms with van der Waals surface area (Å²) in [5, 5.41) is 9.36. The molecule has 2 N–H and O–H groups in total. The third-order valence-electron chi connectivity index (χ3n) is 1.94. The third kappa shape index (κ3) is 3.10. The van der Waals surface area contributed by atoms with Crippen LogP contribution in [0, 0.1) is 6.92 Å². The minimum atomic E-state index is -3.28. The molecule has 0 radical (unpaired) electrons. The van der Waals surface area contributed by atoms with Gasteiger partial charge in [-0.3, -0.25) is 4.72 Å². The number of nitrogens with one attached hydrogen (secondary N) is 1. The molecule has 1 aromatic carbocycles. The van der Waals surface area contributed by atoms with Gasteiger partial charge in [0.15, 0.2) is 0 Å². The molecule has 0 aliphatic rings. The van der Waals surface area contributed by atoms with Gasteiger partial charge in [-0.05, 0) is 47.5 Å². The highest BCUT2D eigenvalue weighted by Gasteiger charge is 2.10. The summed E-state index contributed by atoms with van der Waals surface area (Å²) in [5.74, 6) is 0.109. The number of anilines is 1. The fourth-order valence-electron chi connectivity index (χ4n) is 1.02. The van der Waals surface area contributed by atoms with Gasteiger partial charge in [-0.25, -0.2) is 8.42 Å². The Morgan fingerprint density at radius 1 is 1.47 bits per heavy atom. The van der Waals surface area contributed by atoms with Crippen LogP contribution in [0.15, 0.2) is 16.6 Å². The molecule has 84 valence electrons.